The number of hydrazone groups is 1. The van der Waals surface area contributed by atoms with Gasteiger partial charge >= 0.3 is 0 Å². The highest BCUT2D eigenvalue weighted by molar-refractivity contribution is 9.10. The van der Waals surface area contributed by atoms with Gasteiger partial charge in [-0.2, -0.15) is 5.10 Å². The number of nitrogens with two attached hydrogens (primary N) is 1. The first kappa shape index (κ1) is 22.6. The molecule has 2 aromatic carbocycles. The van der Waals surface area contributed by atoms with Crippen molar-refractivity contribution < 1.29 is 14.3 Å². The van der Waals surface area contributed by atoms with Crippen molar-refractivity contribution in [2.75, 3.05) is 18.5 Å². The van der Waals surface area contributed by atoms with Gasteiger partial charge in [-0.15, -0.1) is 0 Å². The number of hydrogen-bond donors (Lipinski definition) is 3. The van der Waals surface area contributed by atoms with Crippen molar-refractivity contribution in [3.8, 4) is 11.5 Å². The van der Waals surface area contributed by atoms with Gasteiger partial charge < -0.3 is 20.5 Å². The molecule has 0 unspecified atom stereocenters. The van der Waals surface area contributed by atoms with Crippen molar-refractivity contribution in [3.05, 3.63) is 51.5 Å². The van der Waals surface area contributed by atoms with Crippen molar-refractivity contribution in [1.29, 1.82) is 0 Å². The number of rotatable bonds is 8. The van der Waals surface area contributed by atoms with Crippen molar-refractivity contribution in [2.45, 2.75) is 20.8 Å². The second-order valence-electron chi connectivity index (χ2n) is 6.11. The summed E-state index contributed by atoms with van der Waals surface area (Å²) in [6.07, 6.45) is 1.60. The van der Waals surface area contributed by atoms with Gasteiger partial charge in [0.1, 0.15) is 0 Å². The van der Waals surface area contributed by atoms with Crippen LogP contribution in [0.4, 0.5) is 5.69 Å². The third-order valence-corrected chi connectivity index (χ3v) is 4.57. The predicted octanol–water partition coefficient (Wildman–Crippen LogP) is 3.65. The quantitative estimate of drug-likeness (QED) is 0.304. The number of halogens is 1. The van der Waals surface area contributed by atoms with E-state index in [1.54, 1.807) is 18.3 Å². The summed E-state index contributed by atoms with van der Waals surface area (Å²) in [6, 6.07) is 9.55. The highest BCUT2D eigenvalue weighted by Gasteiger charge is 2.13. The van der Waals surface area contributed by atoms with Crippen LogP contribution in [0.15, 0.2) is 39.9 Å². The summed E-state index contributed by atoms with van der Waals surface area (Å²) < 4.78 is 11.6. The van der Waals surface area contributed by atoms with Gasteiger partial charge in [-0.3, -0.25) is 10.2 Å². The molecule has 0 bridgehead atoms. The SMILES string of the molecule is CCOc1cc(/C=N/NC(=S)Nc2c(C)cccc2C)cc(Br)c1OCC(N)=O. The van der Waals surface area contributed by atoms with Gasteiger partial charge in [-0.25, -0.2) is 0 Å². The van der Waals surface area contributed by atoms with Gasteiger partial charge in [-0.05, 0) is 77.7 Å². The number of aryl methyl sites for hydroxylation is 2. The molecule has 29 heavy (non-hydrogen) atoms. The van der Waals surface area contributed by atoms with Crippen molar-refractivity contribution in [2.24, 2.45) is 10.8 Å². The van der Waals surface area contributed by atoms with E-state index in [0.29, 0.717) is 27.7 Å². The number of carbonyl (C=O) groups is 1. The molecule has 0 saturated carbocycles. The number of para-hydroxylation sites is 1. The average Bonchev–Trinajstić information content (AvgIpc) is 2.64. The van der Waals surface area contributed by atoms with Gasteiger partial charge in [0.2, 0.25) is 0 Å². The van der Waals surface area contributed by atoms with Crippen LogP contribution in [0, 0.1) is 13.8 Å². The van der Waals surface area contributed by atoms with Gasteiger partial charge in [0.25, 0.3) is 5.91 Å². The maximum atomic E-state index is 11.0. The number of ether oxygens (including phenoxy) is 2. The number of benzene rings is 2. The van der Waals surface area contributed by atoms with E-state index >= 15 is 0 Å². The lowest BCUT2D eigenvalue weighted by molar-refractivity contribution is -0.119. The van der Waals surface area contributed by atoms with E-state index in [1.807, 2.05) is 39.0 Å². The fourth-order valence-electron chi connectivity index (χ4n) is 2.53. The summed E-state index contributed by atoms with van der Waals surface area (Å²) in [5.74, 6) is 0.308. The van der Waals surface area contributed by atoms with Gasteiger partial charge in [0.15, 0.2) is 23.2 Å². The predicted molar refractivity (Wildman–Crippen MR) is 123 cm³/mol. The molecule has 2 aromatic rings. The Morgan fingerprint density at radius 2 is 1.97 bits per heavy atom. The minimum atomic E-state index is -0.570. The molecule has 7 nitrogen and oxygen atoms in total. The largest absolute Gasteiger partial charge is 0.490 e. The van der Waals surface area contributed by atoms with Crippen LogP contribution in [0.5, 0.6) is 11.5 Å². The molecular formula is C20H23BrN4O3S. The molecular weight excluding hydrogens is 456 g/mol. The Hall–Kier alpha value is -2.65. The number of nitrogens with one attached hydrogen (secondary N) is 2. The summed E-state index contributed by atoms with van der Waals surface area (Å²) in [4.78, 5) is 11.0. The van der Waals surface area contributed by atoms with E-state index in [0.717, 1.165) is 22.4 Å². The first-order chi connectivity index (χ1) is 13.8. The second kappa shape index (κ2) is 10.8. The van der Waals surface area contributed by atoms with Crippen LogP contribution in [-0.4, -0.2) is 30.4 Å². The third-order valence-electron chi connectivity index (χ3n) is 3.79. The van der Waals surface area contributed by atoms with E-state index in [1.165, 1.54) is 0 Å². The van der Waals surface area contributed by atoms with E-state index in [2.05, 4.69) is 31.8 Å². The van der Waals surface area contributed by atoms with E-state index in [4.69, 9.17) is 27.4 Å². The third kappa shape index (κ3) is 6.72. The van der Waals surface area contributed by atoms with Gasteiger partial charge in [0.05, 0.1) is 17.3 Å². The van der Waals surface area contributed by atoms with Crippen LogP contribution in [0.2, 0.25) is 0 Å². The highest BCUT2D eigenvalue weighted by Crippen LogP contribution is 2.36. The van der Waals surface area contributed by atoms with Crippen LogP contribution in [0.1, 0.15) is 23.6 Å². The lowest BCUT2D eigenvalue weighted by Gasteiger charge is -2.14. The molecule has 0 aliphatic heterocycles. The van der Waals surface area contributed by atoms with E-state index < -0.39 is 5.91 Å². The molecule has 0 aromatic heterocycles. The molecule has 154 valence electrons. The maximum Gasteiger partial charge on any atom is 0.255 e. The molecule has 1 amide bonds. The molecule has 0 fully saturated rings. The summed E-state index contributed by atoms with van der Waals surface area (Å²) in [7, 11) is 0. The van der Waals surface area contributed by atoms with Crippen LogP contribution in [0.3, 0.4) is 0 Å². The number of hydrogen-bond acceptors (Lipinski definition) is 5. The highest BCUT2D eigenvalue weighted by atomic mass is 79.9. The normalized spacial score (nSPS) is 10.6. The number of thiocarbonyl (C=S) groups is 1. The summed E-state index contributed by atoms with van der Waals surface area (Å²) in [5.41, 5.74) is 11.8. The van der Waals surface area contributed by atoms with Crippen LogP contribution in [0.25, 0.3) is 0 Å². The molecule has 9 heteroatoms. The Balaban J connectivity index is 2.09. The molecule has 0 aliphatic rings. The minimum Gasteiger partial charge on any atom is -0.490 e. The monoisotopic (exact) mass is 478 g/mol. The Morgan fingerprint density at radius 3 is 2.59 bits per heavy atom. The zero-order chi connectivity index (χ0) is 21.4. The van der Waals surface area contributed by atoms with Crippen molar-refractivity contribution in [3.63, 3.8) is 0 Å². The lowest BCUT2D eigenvalue weighted by atomic mass is 10.1. The molecule has 0 aliphatic carbocycles. The molecule has 0 spiro atoms. The fraction of sp³-hybridized carbons (Fsp3) is 0.250. The number of amides is 1. The topological polar surface area (TPSA) is 98.0 Å². The number of nitrogens with zero attached hydrogens (tertiary/aromatic N) is 1. The second-order valence-corrected chi connectivity index (χ2v) is 7.37. The summed E-state index contributed by atoms with van der Waals surface area (Å²) in [5, 5.41) is 7.71. The zero-order valence-electron chi connectivity index (χ0n) is 16.4. The average molecular weight is 479 g/mol. The molecule has 0 saturated heterocycles. The first-order valence-corrected chi connectivity index (χ1v) is 10.1. The first-order valence-electron chi connectivity index (χ1n) is 8.85. The molecule has 0 heterocycles. The van der Waals surface area contributed by atoms with Crippen LogP contribution in [-0.2, 0) is 4.79 Å². The fourth-order valence-corrected chi connectivity index (χ4v) is 3.26. The zero-order valence-corrected chi connectivity index (χ0v) is 18.8. The molecule has 4 N–H and O–H groups in total. The smallest absolute Gasteiger partial charge is 0.255 e. The van der Waals surface area contributed by atoms with Crippen LogP contribution < -0.4 is 25.9 Å². The Kier molecular flexibility index (Phi) is 8.41. The van der Waals surface area contributed by atoms with Crippen LogP contribution >= 0.6 is 28.1 Å². The Morgan fingerprint density at radius 1 is 1.28 bits per heavy atom. The van der Waals surface area contributed by atoms with E-state index in [9.17, 15) is 4.79 Å². The van der Waals surface area contributed by atoms with Gasteiger partial charge in [0, 0.05) is 5.69 Å². The maximum absolute atomic E-state index is 11.0. The standard InChI is InChI=1S/C20H23BrN4O3S/c1-4-27-16-9-14(8-15(21)19(16)28-11-17(22)26)10-23-25-20(29)24-18-12(2)6-5-7-13(18)3/h5-10H,4,11H2,1-3H3,(H2,22,26)(H2,24,25,29)/b23-10+. The van der Waals surface area contributed by atoms with Crippen molar-refractivity contribution >= 4 is 51.1 Å². The van der Waals surface area contributed by atoms with Gasteiger partial charge in [-0.1, -0.05) is 18.2 Å². The number of primary amides is 1. The number of carbonyl (C=O) groups excluding carboxylic acids is 1. The minimum absolute atomic E-state index is 0.244. The lowest BCUT2D eigenvalue weighted by Crippen LogP contribution is -2.24. The molecule has 0 radical (unpaired) electrons. The molecule has 2 rings (SSSR count). The Labute approximate surface area is 183 Å². The number of anilines is 1. The molecule has 0 atom stereocenters. The van der Waals surface area contributed by atoms with E-state index in [-0.39, 0.29) is 6.61 Å². The summed E-state index contributed by atoms with van der Waals surface area (Å²) in [6.45, 7) is 6.06. The summed E-state index contributed by atoms with van der Waals surface area (Å²) >= 11 is 8.73. The van der Waals surface area contributed by atoms with Crippen molar-refractivity contribution in [1.82, 2.24) is 5.43 Å². The Bertz CT molecular complexity index is 914.